The standard InChI is InChI=1S/C15H23N3/c1-4-6-11-17(3)12-15-16-13-9-7-8-10-14(13)18(15)5-2/h7-10H,4-6,11-12H2,1-3H3. The zero-order chi connectivity index (χ0) is 13.0. The number of benzene rings is 1. The molecule has 0 saturated carbocycles. The Morgan fingerprint density at radius 3 is 2.72 bits per heavy atom. The number of fused-ring (bicyclic) bond motifs is 1. The van der Waals surface area contributed by atoms with Crippen LogP contribution in [-0.2, 0) is 13.1 Å². The molecule has 0 atom stereocenters. The van der Waals surface area contributed by atoms with Crippen molar-refractivity contribution in [3.8, 4) is 0 Å². The van der Waals surface area contributed by atoms with Crippen LogP contribution in [0.3, 0.4) is 0 Å². The highest BCUT2D eigenvalue weighted by molar-refractivity contribution is 5.75. The number of hydrogen-bond acceptors (Lipinski definition) is 2. The lowest BCUT2D eigenvalue weighted by atomic mass is 10.3. The molecule has 98 valence electrons. The number of hydrogen-bond donors (Lipinski definition) is 0. The second-order valence-corrected chi connectivity index (χ2v) is 4.85. The molecule has 0 aliphatic heterocycles. The summed E-state index contributed by atoms with van der Waals surface area (Å²) in [4.78, 5) is 7.11. The van der Waals surface area contributed by atoms with Gasteiger partial charge >= 0.3 is 0 Å². The van der Waals surface area contributed by atoms with Gasteiger partial charge in [-0.1, -0.05) is 25.5 Å². The fraction of sp³-hybridized carbons (Fsp3) is 0.533. The average molecular weight is 245 g/mol. The third-order valence-corrected chi connectivity index (χ3v) is 3.35. The molecule has 0 unspecified atom stereocenters. The highest BCUT2D eigenvalue weighted by atomic mass is 15.2. The maximum absolute atomic E-state index is 4.75. The number of nitrogens with zero attached hydrogens (tertiary/aromatic N) is 3. The first kappa shape index (κ1) is 13.1. The highest BCUT2D eigenvalue weighted by Crippen LogP contribution is 2.16. The van der Waals surface area contributed by atoms with E-state index in [2.05, 4.69) is 54.6 Å². The van der Waals surface area contributed by atoms with Crippen molar-refractivity contribution in [1.82, 2.24) is 14.5 Å². The van der Waals surface area contributed by atoms with Gasteiger partial charge in [-0.05, 0) is 39.1 Å². The minimum atomic E-state index is 0.933. The lowest BCUT2D eigenvalue weighted by Crippen LogP contribution is -2.21. The van der Waals surface area contributed by atoms with E-state index in [-0.39, 0.29) is 0 Å². The fourth-order valence-corrected chi connectivity index (χ4v) is 2.35. The molecule has 0 aliphatic rings. The van der Waals surface area contributed by atoms with Gasteiger partial charge in [-0.15, -0.1) is 0 Å². The summed E-state index contributed by atoms with van der Waals surface area (Å²) in [7, 11) is 2.18. The number of para-hydroxylation sites is 2. The van der Waals surface area contributed by atoms with Crippen LogP contribution in [0.4, 0.5) is 0 Å². The van der Waals surface area contributed by atoms with E-state index in [4.69, 9.17) is 4.98 Å². The number of imidazole rings is 1. The predicted molar refractivity (Wildman–Crippen MR) is 76.6 cm³/mol. The number of aryl methyl sites for hydroxylation is 1. The molecule has 1 aromatic heterocycles. The maximum atomic E-state index is 4.75. The van der Waals surface area contributed by atoms with Gasteiger partial charge in [0.15, 0.2) is 0 Å². The van der Waals surface area contributed by atoms with Crippen LogP contribution >= 0.6 is 0 Å². The third kappa shape index (κ3) is 2.72. The summed E-state index contributed by atoms with van der Waals surface area (Å²) in [5.41, 5.74) is 2.36. The summed E-state index contributed by atoms with van der Waals surface area (Å²) in [5.74, 6) is 1.18. The van der Waals surface area contributed by atoms with E-state index in [0.29, 0.717) is 0 Å². The summed E-state index contributed by atoms with van der Waals surface area (Å²) >= 11 is 0. The molecule has 0 amide bonds. The first-order chi connectivity index (χ1) is 8.76. The van der Waals surface area contributed by atoms with Crippen molar-refractivity contribution in [3.63, 3.8) is 0 Å². The van der Waals surface area contributed by atoms with E-state index >= 15 is 0 Å². The van der Waals surface area contributed by atoms with Gasteiger partial charge in [0.05, 0.1) is 17.6 Å². The van der Waals surface area contributed by atoms with Gasteiger partial charge in [-0.25, -0.2) is 4.98 Å². The van der Waals surface area contributed by atoms with Crippen molar-refractivity contribution in [2.24, 2.45) is 0 Å². The minimum Gasteiger partial charge on any atom is -0.327 e. The Balaban J connectivity index is 2.21. The number of aromatic nitrogens is 2. The number of rotatable bonds is 6. The first-order valence-electron chi connectivity index (χ1n) is 6.89. The zero-order valence-corrected chi connectivity index (χ0v) is 11.7. The van der Waals surface area contributed by atoms with Gasteiger partial charge in [0.1, 0.15) is 5.82 Å². The SMILES string of the molecule is CCCCN(C)Cc1nc2ccccc2n1CC. The van der Waals surface area contributed by atoms with Crippen LogP contribution in [0, 0.1) is 0 Å². The smallest absolute Gasteiger partial charge is 0.124 e. The molecule has 0 N–H and O–H groups in total. The Morgan fingerprint density at radius 2 is 2.00 bits per heavy atom. The van der Waals surface area contributed by atoms with Crippen LogP contribution in [0.25, 0.3) is 11.0 Å². The normalized spacial score (nSPS) is 11.6. The van der Waals surface area contributed by atoms with Crippen LogP contribution < -0.4 is 0 Å². The van der Waals surface area contributed by atoms with E-state index in [1.165, 1.54) is 24.2 Å². The Kier molecular flexibility index (Phi) is 4.37. The van der Waals surface area contributed by atoms with Crippen molar-refractivity contribution < 1.29 is 0 Å². The van der Waals surface area contributed by atoms with Gasteiger partial charge in [0, 0.05) is 6.54 Å². The van der Waals surface area contributed by atoms with Gasteiger partial charge in [0.25, 0.3) is 0 Å². The Morgan fingerprint density at radius 1 is 1.22 bits per heavy atom. The first-order valence-corrected chi connectivity index (χ1v) is 6.89. The molecule has 3 heteroatoms. The average Bonchev–Trinajstić information content (AvgIpc) is 2.73. The fourth-order valence-electron chi connectivity index (χ4n) is 2.35. The molecule has 0 saturated heterocycles. The highest BCUT2D eigenvalue weighted by Gasteiger charge is 2.10. The Hall–Kier alpha value is -1.35. The van der Waals surface area contributed by atoms with Crippen LogP contribution in [0.1, 0.15) is 32.5 Å². The molecule has 2 rings (SSSR count). The molecular weight excluding hydrogens is 222 g/mol. The maximum Gasteiger partial charge on any atom is 0.124 e. The molecule has 0 radical (unpaired) electrons. The number of unbranched alkanes of at least 4 members (excludes halogenated alkanes) is 1. The molecule has 0 aliphatic carbocycles. The topological polar surface area (TPSA) is 21.1 Å². The molecular formula is C15H23N3. The molecule has 0 spiro atoms. The van der Waals surface area contributed by atoms with Crippen molar-refractivity contribution in [3.05, 3.63) is 30.1 Å². The molecule has 0 bridgehead atoms. The largest absolute Gasteiger partial charge is 0.327 e. The molecule has 3 nitrogen and oxygen atoms in total. The van der Waals surface area contributed by atoms with E-state index in [0.717, 1.165) is 25.2 Å². The molecule has 1 heterocycles. The second-order valence-electron chi connectivity index (χ2n) is 4.85. The Bertz CT molecular complexity index is 501. The summed E-state index contributed by atoms with van der Waals surface area (Å²) in [6.45, 7) is 7.47. The van der Waals surface area contributed by atoms with Gasteiger partial charge in [-0.3, -0.25) is 4.90 Å². The van der Waals surface area contributed by atoms with Crippen LogP contribution in [-0.4, -0.2) is 28.0 Å². The van der Waals surface area contributed by atoms with Crippen molar-refractivity contribution >= 4 is 11.0 Å². The van der Waals surface area contributed by atoms with E-state index < -0.39 is 0 Å². The van der Waals surface area contributed by atoms with Crippen LogP contribution in [0.2, 0.25) is 0 Å². The lowest BCUT2D eigenvalue weighted by molar-refractivity contribution is 0.308. The molecule has 2 aromatic rings. The Labute approximate surface area is 109 Å². The summed E-state index contributed by atoms with van der Waals surface area (Å²) in [5, 5.41) is 0. The molecule has 0 fully saturated rings. The summed E-state index contributed by atoms with van der Waals surface area (Å²) < 4.78 is 2.32. The quantitative estimate of drug-likeness (QED) is 0.778. The summed E-state index contributed by atoms with van der Waals surface area (Å²) in [6, 6.07) is 8.39. The summed E-state index contributed by atoms with van der Waals surface area (Å²) in [6.07, 6.45) is 2.50. The van der Waals surface area contributed by atoms with Gasteiger partial charge in [-0.2, -0.15) is 0 Å². The monoisotopic (exact) mass is 245 g/mol. The van der Waals surface area contributed by atoms with Crippen LogP contribution in [0.5, 0.6) is 0 Å². The van der Waals surface area contributed by atoms with Crippen molar-refractivity contribution in [2.75, 3.05) is 13.6 Å². The molecule has 18 heavy (non-hydrogen) atoms. The second kappa shape index (κ2) is 6.01. The van der Waals surface area contributed by atoms with Crippen molar-refractivity contribution in [2.45, 2.75) is 39.8 Å². The van der Waals surface area contributed by atoms with E-state index in [1.807, 2.05) is 0 Å². The van der Waals surface area contributed by atoms with Gasteiger partial charge < -0.3 is 4.57 Å². The zero-order valence-electron chi connectivity index (χ0n) is 11.7. The van der Waals surface area contributed by atoms with Crippen LogP contribution in [0.15, 0.2) is 24.3 Å². The lowest BCUT2D eigenvalue weighted by Gasteiger charge is -2.16. The van der Waals surface area contributed by atoms with E-state index in [1.54, 1.807) is 0 Å². The van der Waals surface area contributed by atoms with Gasteiger partial charge in [0.2, 0.25) is 0 Å². The minimum absolute atomic E-state index is 0.933. The van der Waals surface area contributed by atoms with Crippen molar-refractivity contribution in [1.29, 1.82) is 0 Å². The predicted octanol–water partition coefficient (Wildman–Crippen LogP) is 3.29. The third-order valence-electron chi connectivity index (χ3n) is 3.35. The molecule has 1 aromatic carbocycles. The van der Waals surface area contributed by atoms with E-state index in [9.17, 15) is 0 Å².